The summed E-state index contributed by atoms with van der Waals surface area (Å²) in [6.07, 6.45) is 16.1. The first-order valence-electron chi connectivity index (χ1n) is 14.1. The lowest BCUT2D eigenvalue weighted by Crippen LogP contribution is -2.59. The van der Waals surface area contributed by atoms with Crippen molar-refractivity contribution in [3.05, 3.63) is 72.9 Å². The number of methoxy groups -OCH3 is 1. The maximum Gasteiger partial charge on any atom is 0.331 e. The number of aliphatic hydroxyl groups excluding tert-OH is 5. The molecule has 2 aliphatic rings. The second-order valence-electron chi connectivity index (χ2n) is 10.1. The van der Waals surface area contributed by atoms with Gasteiger partial charge in [-0.3, -0.25) is 0 Å². The van der Waals surface area contributed by atoms with Gasteiger partial charge in [0.2, 0.25) is 0 Å². The Bertz CT molecular complexity index is 922. The molecule has 2 aliphatic heterocycles. The van der Waals surface area contributed by atoms with Crippen molar-refractivity contribution >= 4 is 5.97 Å². The van der Waals surface area contributed by atoms with Crippen LogP contribution >= 0.6 is 0 Å². The van der Waals surface area contributed by atoms with Crippen molar-refractivity contribution < 1.29 is 49.3 Å². The summed E-state index contributed by atoms with van der Waals surface area (Å²) in [6.45, 7) is 1.29. The van der Waals surface area contributed by atoms with Gasteiger partial charge in [-0.1, -0.05) is 66.8 Å². The predicted molar refractivity (Wildman–Crippen MR) is 154 cm³/mol. The number of hydrogen-bond donors (Lipinski definition) is 5. The Morgan fingerprint density at radius 2 is 1.46 bits per heavy atom. The van der Waals surface area contributed by atoms with Gasteiger partial charge in [0.15, 0.2) is 6.29 Å². The van der Waals surface area contributed by atoms with Gasteiger partial charge >= 0.3 is 5.97 Å². The van der Waals surface area contributed by atoms with Crippen LogP contribution in [-0.2, 0) is 23.7 Å². The van der Waals surface area contributed by atoms with Gasteiger partial charge in [-0.15, -0.1) is 0 Å². The summed E-state index contributed by atoms with van der Waals surface area (Å²) < 4.78 is 22.3. The standard InChI is InChI=1S/C31H46O10/c1-22-13-12-19-24(38-2)16-8-3-6-14-23(33)15-7-4-9-17-25(18-10-5-11-20-27(34)39-22)40-31-30(37)29(36)28(35)26(21-32)41-31/h3-11,16-17,20,22-26,28-33,35-37H,12-15,18-19,21H2,1-2H3/b6-3+,7-4+,10-5+,16-8+,17-9+,20-11-/t22-,23-,24?,25-,26-,28-,29+,30-,31-/m1/s1. The van der Waals surface area contributed by atoms with Crippen LogP contribution in [0.5, 0.6) is 0 Å². The van der Waals surface area contributed by atoms with E-state index >= 15 is 0 Å². The molecule has 2 heterocycles. The van der Waals surface area contributed by atoms with Gasteiger partial charge < -0.3 is 44.5 Å². The Labute approximate surface area is 242 Å². The first-order chi connectivity index (χ1) is 19.7. The minimum absolute atomic E-state index is 0.0497. The van der Waals surface area contributed by atoms with E-state index in [-0.39, 0.29) is 12.2 Å². The summed E-state index contributed by atoms with van der Waals surface area (Å²) in [5.41, 5.74) is 0. The lowest BCUT2D eigenvalue weighted by atomic mass is 9.99. The molecule has 0 aromatic carbocycles. The molecule has 1 fully saturated rings. The van der Waals surface area contributed by atoms with Crippen LogP contribution in [0.4, 0.5) is 0 Å². The molecule has 0 amide bonds. The number of hydrogen-bond acceptors (Lipinski definition) is 10. The lowest BCUT2D eigenvalue weighted by molar-refractivity contribution is -0.307. The summed E-state index contributed by atoms with van der Waals surface area (Å²) in [5, 5.41) is 50.2. The molecule has 1 unspecified atom stereocenters. The number of aliphatic hydroxyl groups is 5. The monoisotopic (exact) mass is 578 g/mol. The highest BCUT2D eigenvalue weighted by atomic mass is 16.7. The molecular weight excluding hydrogens is 532 g/mol. The molecule has 2 rings (SSSR count). The van der Waals surface area contributed by atoms with E-state index in [0.717, 1.165) is 12.8 Å². The normalized spacial score (nSPS) is 39.9. The Morgan fingerprint density at radius 1 is 0.829 bits per heavy atom. The van der Waals surface area contributed by atoms with E-state index in [4.69, 9.17) is 18.9 Å². The molecule has 5 N–H and O–H groups in total. The maximum absolute atomic E-state index is 12.2. The Hall–Kier alpha value is -2.41. The largest absolute Gasteiger partial charge is 0.460 e. The summed E-state index contributed by atoms with van der Waals surface area (Å²) in [7, 11) is 1.66. The number of cyclic esters (lactones) is 1. The van der Waals surface area contributed by atoms with E-state index in [9.17, 15) is 30.3 Å². The zero-order valence-corrected chi connectivity index (χ0v) is 23.9. The third-order valence-corrected chi connectivity index (χ3v) is 6.69. The van der Waals surface area contributed by atoms with Crippen LogP contribution in [0.25, 0.3) is 0 Å². The van der Waals surface area contributed by atoms with Crippen molar-refractivity contribution in [2.24, 2.45) is 0 Å². The van der Waals surface area contributed by atoms with Gasteiger partial charge in [0.25, 0.3) is 0 Å². The Balaban J connectivity index is 2.12. The molecule has 0 bridgehead atoms. The fourth-order valence-corrected chi connectivity index (χ4v) is 4.25. The van der Waals surface area contributed by atoms with Crippen molar-refractivity contribution in [1.82, 2.24) is 0 Å². The van der Waals surface area contributed by atoms with Gasteiger partial charge in [0.1, 0.15) is 24.4 Å². The molecule has 10 heteroatoms. The van der Waals surface area contributed by atoms with Crippen LogP contribution < -0.4 is 0 Å². The predicted octanol–water partition coefficient (Wildman–Crippen LogP) is 2.17. The van der Waals surface area contributed by atoms with Crippen molar-refractivity contribution in [3.8, 4) is 0 Å². The van der Waals surface area contributed by atoms with E-state index < -0.39 is 55.5 Å². The smallest absolute Gasteiger partial charge is 0.331 e. The minimum atomic E-state index is -1.55. The molecule has 0 aliphatic carbocycles. The van der Waals surface area contributed by atoms with E-state index in [1.807, 2.05) is 37.3 Å². The summed E-state index contributed by atoms with van der Waals surface area (Å²) in [4.78, 5) is 12.2. The molecule has 0 aromatic rings. The van der Waals surface area contributed by atoms with Crippen molar-refractivity contribution in [1.29, 1.82) is 0 Å². The molecule has 0 saturated carbocycles. The van der Waals surface area contributed by atoms with Gasteiger partial charge in [0.05, 0.1) is 31.0 Å². The highest BCUT2D eigenvalue weighted by Gasteiger charge is 2.44. The summed E-state index contributed by atoms with van der Waals surface area (Å²) in [6, 6.07) is 0. The maximum atomic E-state index is 12.2. The van der Waals surface area contributed by atoms with Gasteiger partial charge in [0, 0.05) is 13.2 Å². The number of rotatable bonds is 4. The van der Waals surface area contributed by atoms with Crippen molar-refractivity contribution in [3.63, 3.8) is 0 Å². The molecule has 10 nitrogen and oxygen atoms in total. The van der Waals surface area contributed by atoms with Crippen LogP contribution in [0, 0.1) is 0 Å². The number of carbonyl (C=O) groups excluding carboxylic acids is 1. The van der Waals surface area contributed by atoms with E-state index in [1.54, 1.807) is 43.6 Å². The molecule has 9 atom stereocenters. The third kappa shape index (κ3) is 13.4. The van der Waals surface area contributed by atoms with Crippen LogP contribution in [0.1, 0.15) is 45.4 Å². The minimum Gasteiger partial charge on any atom is -0.460 e. The molecule has 0 radical (unpaired) electrons. The average molecular weight is 579 g/mol. The highest BCUT2D eigenvalue weighted by molar-refractivity contribution is 5.82. The van der Waals surface area contributed by atoms with Gasteiger partial charge in [-0.2, -0.15) is 0 Å². The zero-order chi connectivity index (χ0) is 30.0. The molecule has 230 valence electrons. The Morgan fingerprint density at radius 3 is 2.12 bits per heavy atom. The number of carbonyl (C=O) groups is 1. The zero-order valence-electron chi connectivity index (χ0n) is 23.9. The lowest BCUT2D eigenvalue weighted by Gasteiger charge is -2.40. The molecule has 1 saturated heterocycles. The quantitative estimate of drug-likeness (QED) is 0.314. The van der Waals surface area contributed by atoms with Crippen LogP contribution in [0.15, 0.2) is 72.9 Å². The van der Waals surface area contributed by atoms with Crippen LogP contribution in [0.3, 0.4) is 0 Å². The summed E-state index contributed by atoms with van der Waals surface area (Å²) in [5.74, 6) is -0.453. The summed E-state index contributed by atoms with van der Waals surface area (Å²) >= 11 is 0. The highest BCUT2D eigenvalue weighted by Crippen LogP contribution is 2.24. The third-order valence-electron chi connectivity index (χ3n) is 6.69. The first-order valence-corrected chi connectivity index (χ1v) is 14.1. The fourth-order valence-electron chi connectivity index (χ4n) is 4.25. The molecule has 0 spiro atoms. The van der Waals surface area contributed by atoms with Crippen LogP contribution in [-0.4, -0.2) is 100 Å². The van der Waals surface area contributed by atoms with E-state index in [1.165, 1.54) is 6.08 Å². The molecule has 0 aromatic heterocycles. The molecule has 41 heavy (non-hydrogen) atoms. The Kier molecular flexibility index (Phi) is 16.7. The van der Waals surface area contributed by atoms with Crippen molar-refractivity contribution in [2.75, 3.05) is 13.7 Å². The number of allylic oxidation sites excluding steroid dienone is 6. The second-order valence-corrected chi connectivity index (χ2v) is 10.1. The number of ether oxygens (including phenoxy) is 4. The van der Waals surface area contributed by atoms with E-state index in [2.05, 4.69) is 0 Å². The number of esters is 1. The second kappa shape index (κ2) is 19.7. The SMILES string of the molecule is COC1/C=C/C=C/C[C@@H](O)C/C=C/C=C/[C@@H](O[C@@H]2O[C@H](CO)[C@@H](O)[C@H](O)[C@H]2O)C/C=C/C=C\C(=O)O[C@H](C)CCC1. The molecular formula is C31H46O10. The van der Waals surface area contributed by atoms with Crippen LogP contribution in [0.2, 0.25) is 0 Å². The van der Waals surface area contributed by atoms with Gasteiger partial charge in [-0.05, 0) is 45.4 Å². The first kappa shape index (κ1) is 34.8. The topological polar surface area (TPSA) is 155 Å². The van der Waals surface area contributed by atoms with E-state index in [0.29, 0.717) is 25.7 Å². The van der Waals surface area contributed by atoms with Crippen molar-refractivity contribution in [2.45, 2.75) is 101 Å². The fraction of sp³-hybridized carbons (Fsp3) is 0.581. The van der Waals surface area contributed by atoms with Gasteiger partial charge in [-0.25, -0.2) is 4.79 Å². The average Bonchev–Trinajstić information content (AvgIpc) is 2.95.